The van der Waals surface area contributed by atoms with Crippen molar-refractivity contribution < 1.29 is 9.72 Å². The third-order valence-corrected chi connectivity index (χ3v) is 5.27. The quantitative estimate of drug-likeness (QED) is 0.445. The summed E-state index contributed by atoms with van der Waals surface area (Å²) in [4.78, 5) is 27.8. The Morgan fingerprint density at radius 2 is 2.04 bits per heavy atom. The molecule has 9 heteroatoms. The van der Waals surface area contributed by atoms with Gasteiger partial charge in [0.15, 0.2) is 4.80 Å². The lowest BCUT2D eigenvalue weighted by molar-refractivity contribution is -0.384. The first-order chi connectivity index (χ1) is 12.4. The van der Waals surface area contributed by atoms with E-state index in [0.717, 1.165) is 11.9 Å². The third kappa shape index (κ3) is 3.65. The summed E-state index contributed by atoms with van der Waals surface area (Å²) < 4.78 is 2.58. The minimum Gasteiger partial charge on any atom is -0.316 e. The maximum Gasteiger partial charge on any atom is 0.281 e. The van der Waals surface area contributed by atoms with Crippen LogP contribution in [0.3, 0.4) is 0 Å². The van der Waals surface area contributed by atoms with Crippen LogP contribution < -0.4 is 4.80 Å². The van der Waals surface area contributed by atoms with Crippen molar-refractivity contribution in [3.63, 3.8) is 0 Å². The molecule has 0 fully saturated rings. The molecule has 3 aromatic rings. The predicted molar refractivity (Wildman–Crippen MR) is 103 cm³/mol. The molecule has 26 heavy (non-hydrogen) atoms. The normalized spacial score (nSPS) is 11.9. The number of aromatic nitrogens is 1. The van der Waals surface area contributed by atoms with E-state index in [9.17, 15) is 14.9 Å². The Bertz CT molecular complexity index is 1090. The number of aryl methyl sites for hydroxylation is 1. The number of amides is 1. The summed E-state index contributed by atoms with van der Waals surface area (Å²) in [6, 6.07) is 9.20. The van der Waals surface area contributed by atoms with Crippen molar-refractivity contribution in [2.45, 2.75) is 19.9 Å². The van der Waals surface area contributed by atoms with Gasteiger partial charge in [0.1, 0.15) is 0 Å². The summed E-state index contributed by atoms with van der Waals surface area (Å²) in [6.45, 7) is 2.64. The number of nitro benzene ring substituents is 1. The largest absolute Gasteiger partial charge is 0.316 e. The first kappa shape index (κ1) is 18.6. The monoisotopic (exact) mass is 409 g/mol. The molecule has 0 aliphatic carbocycles. The molecule has 134 valence electrons. The Morgan fingerprint density at radius 3 is 2.69 bits per heavy atom. The van der Waals surface area contributed by atoms with Crippen molar-refractivity contribution in [3.05, 3.63) is 66.9 Å². The van der Waals surface area contributed by atoms with Crippen molar-refractivity contribution in [3.8, 4) is 0 Å². The van der Waals surface area contributed by atoms with Gasteiger partial charge in [0, 0.05) is 23.7 Å². The molecule has 6 nitrogen and oxygen atoms in total. The number of halogens is 2. The van der Waals surface area contributed by atoms with Crippen molar-refractivity contribution in [2.24, 2.45) is 4.99 Å². The summed E-state index contributed by atoms with van der Waals surface area (Å²) in [7, 11) is 0. The van der Waals surface area contributed by atoms with Crippen molar-refractivity contribution in [2.75, 3.05) is 0 Å². The van der Waals surface area contributed by atoms with E-state index in [1.54, 1.807) is 12.1 Å². The van der Waals surface area contributed by atoms with Gasteiger partial charge in [0.05, 0.1) is 25.7 Å². The molecule has 0 spiro atoms. The lowest BCUT2D eigenvalue weighted by Gasteiger charge is -2.03. The highest BCUT2D eigenvalue weighted by atomic mass is 35.5. The molecule has 0 aliphatic heterocycles. The summed E-state index contributed by atoms with van der Waals surface area (Å²) in [5, 5.41) is 11.6. The molecule has 0 saturated carbocycles. The van der Waals surface area contributed by atoms with E-state index in [1.165, 1.54) is 35.6 Å². The van der Waals surface area contributed by atoms with E-state index in [0.29, 0.717) is 21.1 Å². The van der Waals surface area contributed by atoms with Gasteiger partial charge < -0.3 is 4.57 Å². The summed E-state index contributed by atoms with van der Waals surface area (Å²) in [6.07, 6.45) is 0.825. The van der Waals surface area contributed by atoms with Crippen LogP contribution in [-0.4, -0.2) is 15.4 Å². The molecule has 0 radical (unpaired) electrons. The summed E-state index contributed by atoms with van der Waals surface area (Å²) in [5.74, 6) is -0.488. The fraction of sp³-hybridized carbons (Fsp3) is 0.176. The lowest BCUT2D eigenvalue weighted by atomic mass is 10.2. The molecule has 0 saturated heterocycles. The van der Waals surface area contributed by atoms with Crippen LogP contribution in [0.4, 0.5) is 5.69 Å². The van der Waals surface area contributed by atoms with Gasteiger partial charge in [-0.25, -0.2) is 0 Å². The van der Waals surface area contributed by atoms with Gasteiger partial charge in [-0.05, 0) is 30.7 Å². The minimum atomic E-state index is -0.488. The van der Waals surface area contributed by atoms with E-state index >= 15 is 0 Å². The highest BCUT2D eigenvalue weighted by Gasteiger charge is 2.14. The highest BCUT2D eigenvalue weighted by Crippen LogP contribution is 2.24. The topological polar surface area (TPSA) is 77.5 Å². The molecule has 0 aliphatic rings. The van der Waals surface area contributed by atoms with E-state index in [1.807, 2.05) is 11.5 Å². The van der Waals surface area contributed by atoms with Crippen LogP contribution >= 0.6 is 34.5 Å². The molecule has 2 aromatic carbocycles. The molecular weight excluding hydrogens is 397 g/mol. The Labute approximate surface area is 162 Å². The number of nitro groups is 1. The number of carbonyl (C=O) groups excluding carboxylic acids is 1. The van der Waals surface area contributed by atoms with Crippen LogP contribution in [0.25, 0.3) is 10.2 Å². The number of hydrogen-bond acceptors (Lipinski definition) is 4. The van der Waals surface area contributed by atoms with E-state index in [4.69, 9.17) is 23.2 Å². The number of benzene rings is 2. The van der Waals surface area contributed by atoms with E-state index in [-0.39, 0.29) is 16.3 Å². The highest BCUT2D eigenvalue weighted by molar-refractivity contribution is 7.16. The number of thiazole rings is 1. The van der Waals surface area contributed by atoms with Gasteiger partial charge in [-0.1, -0.05) is 41.5 Å². The second-order valence-electron chi connectivity index (χ2n) is 5.49. The number of carbonyl (C=O) groups is 1. The van der Waals surface area contributed by atoms with Gasteiger partial charge >= 0.3 is 0 Å². The zero-order chi connectivity index (χ0) is 18.8. The molecular formula is C17H13Cl2N3O3S. The van der Waals surface area contributed by atoms with Crippen LogP contribution in [0.15, 0.2) is 41.4 Å². The first-order valence-corrected chi connectivity index (χ1v) is 9.30. The fourth-order valence-corrected chi connectivity index (χ4v) is 4.09. The molecule has 1 aromatic heterocycles. The maximum absolute atomic E-state index is 12.5. The van der Waals surface area contributed by atoms with Gasteiger partial charge in [0.25, 0.3) is 11.6 Å². The number of fused-ring (bicyclic) bond motifs is 1. The first-order valence-electron chi connectivity index (χ1n) is 7.72. The lowest BCUT2D eigenvalue weighted by Crippen LogP contribution is -2.17. The standard InChI is InChI=1S/C17H13Cl2N3O3S/c1-2-7-21-14-6-4-11(22(24)25)9-15(14)26-17(21)20-16(23)12-5-3-10(18)8-13(12)19/h3-6,8-9H,2,7H2,1H3. The summed E-state index contributed by atoms with van der Waals surface area (Å²) in [5.41, 5.74) is 1.06. The second-order valence-corrected chi connectivity index (χ2v) is 7.34. The van der Waals surface area contributed by atoms with Crippen LogP contribution in [0, 0.1) is 10.1 Å². The van der Waals surface area contributed by atoms with Crippen molar-refractivity contribution in [1.82, 2.24) is 4.57 Å². The van der Waals surface area contributed by atoms with Gasteiger partial charge in [-0.2, -0.15) is 4.99 Å². The predicted octanol–water partition coefficient (Wildman–Crippen LogP) is 5.07. The van der Waals surface area contributed by atoms with Gasteiger partial charge in [0.2, 0.25) is 0 Å². The Balaban J connectivity index is 2.15. The average molecular weight is 410 g/mol. The van der Waals surface area contributed by atoms with Crippen LogP contribution in [-0.2, 0) is 6.54 Å². The Morgan fingerprint density at radius 1 is 1.27 bits per heavy atom. The zero-order valence-corrected chi connectivity index (χ0v) is 15.9. The van der Waals surface area contributed by atoms with E-state index in [2.05, 4.69) is 4.99 Å². The molecule has 1 heterocycles. The molecule has 1 amide bonds. The van der Waals surface area contributed by atoms with Crippen molar-refractivity contribution in [1.29, 1.82) is 0 Å². The number of hydrogen-bond donors (Lipinski definition) is 0. The Kier molecular flexibility index (Phi) is 5.41. The van der Waals surface area contributed by atoms with Crippen LogP contribution in [0.2, 0.25) is 10.0 Å². The maximum atomic E-state index is 12.5. The van der Waals surface area contributed by atoms with Crippen LogP contribution in [0.5, 0.6) is 0 Å². The second kappa shape index (κ2) is 7.57. The van der Waals surface area contributed by atoms with Crippen molar-refractivity contribution >= 4 is 56.3 Å². The van der Waals surface area contributed by atoms with Gasteiger partial charge in [-0.15, -0.1) is 0 Å². The molecule has 0 atom stereocenters. The SMILES string of the molecule is CCCn1c(=NC(=O)c2ccc(Cl)cc2Cl)sc2cc([N+](=O)[O-])ccc21. The fourth-order valence-electron chi connectivity index (χ4n) is 2.51. The molecule has 3 rings (SSSR count). The number of rotatable bonds is 4. The average Bonchev–Trinajstić information content (AvgIpc) is 2.91. The molecule has 0 N–H and O–H groups in total. The summed E-state index contributed by atoms with van der Waals surface area (Å²) >= 11 is 13.2. The molecule has 0 unspecified atom stereocenters. The third-order valence-electron chi connectivity index (χ3n) is 3.68. The zero-order valence-electron chi connectivity index (χ0n) is 13.6. The smallest absolute Gasteiger partial charge is 0.281 e. The number of non-ortho nitro benzene ring substituents is 1. The van der Waals surface area contributed by atoms with Crippen LogP contribution in [0.1, 0.15) is 23.7 Å². The minimum absolute atomic E-state index is 0.000945. The number of nitrogens with zero attached hydrogens (tertiary/aromatic N) is 3. The van der Waals surface area contributed by atoms with E-state index < -0.39 is 10.8 Å². The van der Waals surface area contributed by atoms with Gasteiger partial charge in [-0.3, -0.25) is 14.9 Å². The Hall–Kier alpha value is -2.22. The molecule has 0 bridgehead atoms.